The summed E-state index contributed by atoms with van der Waals surface area (Å²) in [6.45, 7) is 6.19. The van der Waals surface area contributed by atoms with E-state index in [9.17, 15) is 5.11 Å². The molecular formula is C15H19NO. The topological polar surface area (TPSA) is 25.2 Å². The molecule has 0 fully saturated rings. The second-order valence-corrected chi connectivity index (χ2v) is 4.66. The van der Waals surface area contributed by atoms with Gasteiger partial charge in [-0.1, -0.05) is 30.3 Å². The Bertz CT molecular complexity index is 487. The van der Waals surface area contributed by atoms with E-state index in [1.54, 1.807) is 0 Å². The number of hydrogen-bond donors (Lipinski definition) is 1. The van der Waals surface area contributed by atoms with Crippen LogP contribution in [0.4, 0.5) is 0 Å². The second-order valence-electron chi connectivity index (χ2n) is 4.66. The lowest BCUT2D eigenvalue weighted by Gasteiger charge is -2.22. The van der Waals surface area contributed by atoms with Crippen LogP contribution in [-0.4, -0.2) is 9.67 Å². The van der Waals surface area contributed by atoms with Crippen LogP contribution in [0, 0.1) is 13.8 Å². The summed E-state index contributed by atoms with van der Waals surface area (Å²) in [4.78, 5) is 0. The molecule has 90 valence electrons. The van der Waals surface area contributed by atoms with E-state index in [2.05, 4.69) is 30.7 Å². The van der Waals surface area contributed by atoms with Crippen molar-refractivity contribution in [3.8, 4) is 0 Å². The minimum Gasteiger partial charge on any atom is -0.386 e. The Hall–Kier alpha value is -1.54. The first-order valence-corrected chi connectivity index (χ1v) is 5.97. The van der Waals surface area contributed by atoms with Crippen molar-refractivity contribution < 1.29 is 5.11 Å². The number of aliphatic hydroxyl groups is 1. The highest BCUT2D eigenvalue weighted by Crippen LogP contribution is 2.27. The van der Waals surface area contributed by atoms with Gasteiger partial charge in [0.05, 0.1) is 12.1 Å². The summed E-state index contributed by atoms with van der Waals surface area (Å²) >= 11 is 0. The SMILES string of the molecule is Cc1cc(C)n([C@H](C)[C@@H](O)c2ccccc2)c1. The standard InChI is InChI=1S/C15H19NO/c1-11-9-12(2)16(10-11)13(3)15(17)14-7-5-4-6-8-14/h4-10,13,15,17H,1-3H3/t13-,15-/m1/s1. The lowest BCUT2D eigenvalue weighted by Crippen LogP contribution is -2.15. The summed E-state index contributed by atoms with van der Waals surface area (Å²) in [6, 6.07) is 12.0. The predicted molar refractivity (Wildman–Crippen MR) is 70.0 cm³/mol. The van der Waals surface area contributed by atoms with Crippen LogP contribution in [0.15, 0.2) is 42.6 Å². The molecule has 0 radical (unpaired) electrons. The smallest absolute Gasteiger partial charge is 0.0994 e. The fourth-order valence-electron chi connectivity index (χ4n) is 2.28. The summed E-state index contributed by atoms with van der Waals surface area (Å²) in [5, 5.41) is 10.4. The molecule has 0 saturated heterocycles. The zero-order valence-corrected chi connectivity index (χ0v) is 10.6. The maximum atomic E-state index is 10.4. The number of rotatable bonds is 3. The van der Waals surface area contributed by atoms with Crippen LogP contribution in [-0.2, 0) is 0 Å². The van der Waals surface area contributed by atoms with E-state index in [0.29, 0.717) is 0 Å². The van der Waals surface area contributed by atoms with Crippen molar-refractivity contribution in [2.75, 3.05) is 0 Å². The predicted octanol–water partition coefficient (Wildman–Crippen LogP) is 3.40. The zero-order valence-electron chi connectivity index (χ0n) is 10.6. The maximum absolute atomic E-state index is 10.4. The Morgan fingerprint density at radius 3 is 2.29 bits per heavy atom. The van der Waals surface area contributed by atoms with Gasteiger partial charge in [0.2, 0.25) is 0 Å². The summed E-state index contributed by atoms with van der Waals surface area (Å²) in [7, 11) is 0. The number of aromatic nitrogens is 1. The molecule has 2 aromatic rings. The molecule has 0 bridgehead atoms. The van der Waals surface area contributed by atoms with Gasteiger partial charge in [-0.25, -0.2) is 0 Å². The van der Waals surface area contributed by atoms with Crippen LogP contribution in [0.25, 0.3) is 0 Å². The first-order chi connectivity index (χ1) is 8.09. The van der Waals surface area contributed by atoms with Crippen LogP contribution in [0.2, 0.25) is 0 Å². The Labute approximate surface area is 103 Å². The van der Waals surface area contributed by atoms with E-state index < -0.39 is 6.10 Å². The molecule has 0 aliphatic heterocycles. The van der Waals surface area contributed by atoms with Gasteiger partial charge in [0.25, 0.3) is 0 Å². The summed E-state index contributed by atoms with van der Waals surface area (Å²) in [5.41, 5.74) is 3.38. The van der Waals surface area contributed by atoms with E-state index in [0.717, 1.165) is 5.56 Å². The molecule has 2 heteroatoms. The fraction of sp³-hybridized carbons (Fsp3) is 0.333. The molecule has 1 aromatic carbocycles. The largest absolute Gasteiger partial charge is 0.386 e. The molecule has 2 atom stereocenters. The van der Waals surface area contributed by atoms with Crippen LogP contribution >= 0.6 is 0 Å². The molecule has 2 nitrogen and oxygen atoms in total. The first kappa shape index (κ1) is 11.9. The lowest BCUT2D eigenvalue weighted by molar-refractivity contribution is 0.121. The summed E-state index contributed by atoms with van der Waals surface area (Å²) in [5.74, 6) is 0. The quantitative estimate of drug-likeness (QED) is 0.857. The Kier molecular flexibility index (Phi) is 3.34. The van der Waals surface area contributed by atoms with Crippen molar-refractivity contribution in [1.29, 1.82) is 0 Å². The molecule has 2 rings (SSSR count). The van der Waals surface area contributed by atoms with E-state index in [4.69, 9.17) is 0 Å². The van der Waals surface area contributed by atoms with Gasteiger partial charge in [0.15, 0.2) is 0 Å². The fourth-order valence-corrected chi connectivity index (χ4v) is 2.28. The molecule has 0 aliphatic rings. The van der Waals surface area contributed by atoms with Crippen molar-refractivity contribution in [3.05, 3.63) is 59.4 Å². The summed E-state index contributed by atoms with van der Waals surface area (Å²) < 4.78 is 2.13. The number of benzene rings is 1. The van der Waals surface area contributed by atoms with Gasteiger partial charge in [-0.15, -0.1) is 0 Å². The highest BCUT2D eigenvalue weighted by atomic mass is 16.3. The monoisotopic (exact) mass is 229 g/mol. The third kappa shape index (κ3) is 2.42. The van der Waals surface area contributed by atoms with Gasteiger partial charge in [-0.2, -0.15) is 0 Å². The molecule has 1 N–H and O–H groups in total. The van der Waals surface area contributed by atoms with Crippen LogP contribution in [0.5, 0.6) is 0 Å². The van der Waals surface area contributed by atoms with E-state index in [1.807, 2.05) is 37.3 Å². The molecule has 1 heterocycles. The zero-order chi connectivity index (χ0) is 12.4. The van der Waals surface area contributed by atoms with Crippen molar-refractivity contribution in [2.45, 2.75) is 32.9 Å². The second kappa shape index (κ2) is 4.76. The molecule has 0 spiro atoms. The summed E-state index contributed by atoms with van der Waals surface area (Å²) in [6.07, 6.45) is 1.62. The Morgan fingerprint density at radius 1 is 1.12 bits per heavy atom. The average Bonchev–Trinajstić information content (AvgIpc) is 2.68. The van der Waals surface area contributed by atoms with E-state index >= 15 is 0 Å². The normalized spacial score (nSPS) is 14.6. The van der Waals surface area contributed by atoms with Crippen molar-refractivity contribution >= 4 is 0 Å². The van der Waals surface area contributed by atoms with E-state index in [1.165, 1.54) is 11.3 Å². The molecule has 1 aromatic heterocycles. The van der Waals surface area contributed by atoms with Crippen molar-refractivity contribution in [2.24, 2.45) is 0 Å². The van der Waals surface area contributed by atoms with Crippen LogP contribution in [0.1, 0.15) is 35.9 Å². The van der Waals surface area contributed by atoms with Crippen molar-refractivity contribution in [3.63, 3.8) is 0 Å². The Morgan fingerprint density at radius 2 is 1.76 bits per heavy atom. The van der Waals surface area contributed by atoms with Crippen LogP contribution in [0.3, 0.4) is 0 Å². The Balaban J connectivity index is 2.26. The van der Waals surface area contributed by atoms with Crippen molar-refractivity contribution in [1.82, 2.24) is 4.57 Å². The third-order valence-electron chi connectivity index (χ3n) is 3.22. The minimum atomic E-state index is -0.471. The van der Waals surface area contributed by atoms with Gasteiger partial charge in [0, 0.05) is 11.9 Å². The molecule has 17 heavy (non-hydrogen) atoms. The molecular weight excluding hydrogens is 210 g/mol. The molecule has 0 saturated carbocycles. The first-order valence-electron chi connectivity index (χ1n) is 5.97. The number of aliphatic hydroxyl groups excluding tert-OH is 1. The van der Waals surface area contributed by atoms with Gasteiger partial charge in [-0.3, -0.25) is 0 Å². The minimum absolute atomic E-state index is 0.0473. The highest BCUT2D eigenvalue weighted by Gasteiger charge is 2.18. The maximum Gasteiger partial charge on any atom is 0.0994 e. The molecule has 0 unspecified atom stereocenters. The van der Waals surface area contributed by atoms with Gasteiger partial charge in [0.1, 0.15) is 0 Å². The average molecular weight is 229 g/mol. The lowest BCUT2D eigenvalue weighted by atomic mass is 10.0. The third-order valence-corrected chi connectivity index (χ3v) is 3.22. The van der Waals surface area contributed by atoms with Gasteiger partial charge >= 0.3 is 0 Å². The number of nitrogens with zero attached hydrogens (tertiary/aromatic N) is 1. The molecule has 0 aliphatic carbocycles. The highest BCUT2D eigenvalue weighted by molar-refractivity contribution is 5.21. The van der Waals surface area contributed by atoms with Gasteiger partial charge in [-0.05, 0) is 38.0 Å². The van der Waals surface area contributed by atoms with Crippen LogP contribution < -0.4 is 0 Å². The van der Waals surface area contributed by atoms with Gasteiger partial charge < -0.3 is 9.67 Å². The number of hydrogen-bond acceptors (Lipinski definition) is 1. The molecule has 0 amide bonds. The number of aryl methyl sites for hydroxylation is 2. The van der Waals surface area contributed by atoms with E-state index in [-0.39, 0.29) is 6.04 Å².